The van der Waals surface area contributed by atoms with Crippen molar-refractivity contribution in [3.8, 4) is 11.5 Å². The summed E-state index contributed by atoms with van der Waals surface area (Å²) in [6.45, 7) is 0. The van der Waals surface area contributed by atoms with E-state index < -0.39 is 0 Å². The van der Waals surface area contributed by atoms with Crippen LogP contribution in [-0.4, -0.2) is 33.2 Å². The van der Waals surface area contributed by atoms with Crippen molar-refractivity contribution in [3.63, 3.8) is 0 Å². The van der Waals surface area contributed by atoms with Crippen LogP contribution in [0.4, 0.5) is 5.69 Å². The van der Waals surface area contributed by atoms with Crippen LogP contribution in [0.3, 0.4) is 0 Å². The third kappa shape index (κ3) is 2.63. The lowest BCUT2D eigenvalue weighted by atomic mass is 10.1. The average Bonchev–Trinajstić information content (AvgIpc) is 3.15. The standard InChI is InChI=1S/C20H18N2O3S/c1-21-17(10-14-6-8-16(23)11-18(14)24)19(25)22(20(21)26)15-7-5-12-3-2-4-13(12)9-15/h5-11,23-24H,2-4H2,1H3/b17-10-. The third-order valence-electron chi connectivity index (χ3n) is 4.91. The molecule has 0 aromatic heterocycles. The molecule has 1 fully saturated rings. The van der Waals surface area contributed by atoms with E-state index in [1.807, 2.05) is 12.1 Å². The van der Waals surface area contributed by atoms with Gasteiger partial charge in [0.2, 0.25) is 0 Å². The molecule has 2 aromatic carbocycles. The summed E-state index contributed by atoms with van der Waals surface area (Å²) in [4.78, 5) is 16.2. The van der Waals surface area contributed by atoms with Crippen molar-refractivity contribution in [2.45, 2.75) is 19.3 Å². The molecule has 0 atom stereocenters. The van der Waals surface area contributed by atoms with Gasteiger partial charge in [0.15, 0.2) is 5.11 Å². The Morgan fingerprint density at radius 1 is 1.08 bits per heavy atom. The van der Waals surface area contributed by atoms with E-state index in [1.165, 1.54) is 28.2 Å². The van der Waals surface area contributed by atoms with Gasteiger partial charge in [-0.3, -0.25) is 9.69 Å². The predicted molar refractivity (Wildman–Crippen MR) is 104 cm³/mol. The van der Waals surface area contributed by atoms with Crippen LogP contribution in [0, 0.1) is 0 Å². The quantitative estimate of drug-likeness (QED) is 0.631. The molecule has 0 saturated carbocycles. The second kappa shape index (κ2) is 6.14. The molecule has 0 bridgehead atoms. The molecule has 0 radical (unpaired) electrons. The SMILES string of the molecule is CN1C(=S)N(c2ccc3c(c2)CCC3)C(=O)/C1=C/c1ccc(O)cc1O. The molecule has 6 heteroatoms. The first-order valence-corrected chi connectivity index (χ1v) is 8.84. The Labute approximate surface area is 156 Å². The number of carbonyl (C=O) groups is 1. The molecule has 1 amide bonds. The van der Waals surface area contributed by atoms with E-state index in [-0.39, 0.29) is 17.4 Å². The number of thiocarbonyl (C=S) groups is 1. The molecular formula is C20H18N2O3S. The number of benzene rings is 2. The lowest BCUT2D eigenvalue weighted by Gasteiger charge is -2.17. The Kier molecular flexibility index (Phi) is 3.92. The minimum atomic E-state index is -0.233. The fraction of sp³-hybridized carbons (Fsp3) is 0.200. The normalized spacial score (nSPS) is 18.1. The predicted octanol–water partition coefficient (Wildman–Crippen LogP) is 3.19. The molecule has 4 rings (SSSR count). The number of likely N-dealkylation sites (N-methyl/N-ethyl adjacent to an activating group) is 1. The Morgan fingerprint density at radius 3 is 2.62 bits per heavy atom. The molecule has 1 heterocycles. The number of fused-ring (bicyclic) bond motifs is 1. The molecule has 2 aliphatic rings. The van der Waals surface area contributed by atoms with E-state index in [0.717, 1.165) is 24.9 Å². The second-order valence-corrected chi connectivity index (χ2v) is 6.93. The summed E-state index contributed by atoms with van der Waals surface area (Å²) < 4.78 is 0. The van der Waals surface area contributed by atoms with Gasteiger partial charge in [-0.15, -0.1) is 0 Å². The zero-order valence-electron chi connectivity index (χ0n) is 14.3. The van der Waals surface area contributed by atoms with Gasteiger partial charge in [0.25, 0.3) is 5.91 Å². The number of amides is 1. The van der Waals surface area contributed by atoms with E-state index in [2.05, 4.69) is 6.07 Å². The maximum Gasteiger partial charge on any atom is 0.281 e. The van der Waals surface area contributed by atoms with Crippen molar-refractivity contribution in [3.05, 3.63) is 58.8 Å². The smallest absolute Gasteiger partial charge is 0.281 e. The molecule has 1 saturated heterocycles. The van der Waals surface area contributed by atoms with Crippen molar-refractivity contribution in [2.24, 2.45) is 0 Å². The molecule has 0 spiro atoms. The van der Waals surface area contributed by atoms with Crippen LogP contribution in [0.1, 0.15) is 23.1 Å². The second-order valence-electron chi connectivity index (χ2n) is 6.56. The van der Waals surface area contributed by atoms with Crippen LogP contribution in [0.25, 0.3) is 6.08 Å². The van der Waals surface area contributed by atoms with Crippen LogP contribution in [0.5, 0.6) is 11.5 Å². The topological polar surface area (TPSA) is 64.0 Å². The summed E-state index contributed by atoms with van der Waals surface area (Å²) in [5, 5.41) is 19.8. The third-order valence-corrected chi connectivity index (χ3v) is 5.36. The highest BCUT2D eigenvalue weighted by Gasteiger charge is 2.37. The van der Waals surface area contributed by atoms with Crippen LogP contribution < -0.4 is 4.90 Å². The number of phenolic OH excluding ortho intramolecular Hbond substituents is 2. The van der Waals surface area contributed by atoms with E-state index >= 15 is 0 Å². The highest BCUT2D eigenvalue weighted by atomic mass is 32.1. The Morgan fingerprint density at radius 2 is 1.85 bits per heavy atom. The maximum atomic E-state index is 13.0. The van der Waals surface area contributed by atoms with Gasteiger partial charge < -0.3 is 15.1 Å². The Bertz CT molecular complexity index is 968. The van der Waals surface area contributed by atoms with Gasteiger partial charge in [0.1, 0.15) is 17.2 Å². The van der Waals surface area contributed by atoms with Gasteiger partial charge >= 0.3 is 0 Å². The Balaban J connectivity index is 1.72. The van der Waals surface area contributed by atoms with Crippen molar-refractivity contribution in [1.82, 2.24) is 4.90 Å². The van der Waals surface area contributed by atoms with Crippen LogP contribution in [0.15, 0.2) is 42.1 Å². The molecule has 1 aliphatic carbocycles. The largest absolute Gasteiger partial charge is 0.508 e. The van der Waals surface area contributed by atoms with Gasteiger partial charge in [-0.25, -0.2) is 0 Å². The van der Waals surface area contributed by atoms with Crippen LogP contribution in [-0.2, 0) is 17.6 Å². The number of hydrogen-bond acceptors (Lipinski definition) is 4. The van der Waals surface area contributed by atoms with Gasteiger partial charge in [0, 0.05) is 18.7 Å². The first-order chi connectivity index (χ1) is 12.5. The van der Waals surface area contributed by atoms with Gasteiger partial charge in [-0.05, 0) is 72.9 Å². The van der Waals surface area contributed by atoms with Crippen LogP contribution >= 0.6 is 12.2 Å². The number of rotatable bonds is 2. The van der Waals surface area contributed by atoms with Gasteiger partial charge in [-0.2, -0.15) is 0 Å². The summed E-state index contributed by atoms with van der Waals surface area (Å²) >= 11 is 5.48. The molecule has 0 unspecified atom stereocenters. The number of anilines is 1. The minimum absolute atomic E-state index is 0.0361. The summed E-state index contributed by atoms with van der Waals surface area (Å²) in [6, 6.07) is 10.3. The van der Waals surface area contributed by atoms with Crippen molar-refractivity contribution in [2.75, 3.05) is 11.9 Å². The maximum absolute atomic E-state index is 13.0. The summed E-state index contributed by atoms with van der Waals surface area (Å²) in [5.74, 6) is -0.366. The lowest BCUT2D eigenvalue weighted by molar-refractivity contribution is -0.114. The fourth-order valence-electron chi connectivity index (χ4n) is 3.48. The molecule has 5 nitrogen and oxygen atoms in total. The van der Waals surface area contributed by atoms with Crippen molar-refractivity contribution in [1.29, 1.82) is 0 Å². The summed E-state index contributed by atoms with van der Waals surface area (Å²) in [6.07, 6.45) is 4.83. The number of nitrogens with zero attached hydrogens (tertiary/aromatic N) is 2. The number of aromatic hydroxyl groups is 2. The van der Waals surface area contributed by atoms with Crippen LogP contribution in [0.2, 0.25) is 0 Å². The highest BCUT2D eigenvalue weighted by Crippen LogP contribution is 2.33. The number of hydrogen-bond donors (Lipinski definition) is 2. The minimum Gasteiger partial charge on any atom is -0.508 e. The average molecular weight is 366 g/mol. The first kappa shape index (κ1) is 16.6. The van der Waals surface area contributed by atoms with Gasteiger partial charge in [0.05, 0.1) is 5.69 Å². The van der Waals surface area contributed by atoms with E-state index in [0.29, 0.717) is 16.4 Å². The zero-order valence-corrected chi connectivity index (χ0v) is 15.1. The molecule has 1 aliphatic heterocycles. The number of carbonyl (C=O) groups excluding carboxylic acids is 1. The molecule has 26 heavy (non-hydrogen) atoms. The highest BCUT2D eigenvalue weighted by molar-refractivity contribution is 7.80. The first-order valence-electron chi connectivity index (χ1n) is 8.43. The molecule has 2 aromatic rings. The van der Waals surface area contributed by atoms with E-state index in [4.69, 9.17) is 12.2 Å². The zero-order chi connectivity index (χ0) is 18.4. The number of aryl methyl sites for hydroxylation is 2. The van der Waals surface area contributed by atoms with E-state index in [9.17, 15) is 15.0 Å². The fourth-order valence-corrected chi connectivity index (χ4v) is 3.77. The monoisotopic (exact) mass is 366 g/mol. The van der Waals surface area contributed by atoms with Gasteiger partial charge in [-0.1, -0.05) is 6.07 Å². The van der Waals surface area contributed by atoms with Crippen molar-refractivity contribution >= 4 is 35.0 Å². The van der Waals surface area contributed by atoms with E-state index in [1.54, 1.807) is 24.1 Å². The number of phenols is 2. The summed E-state index contributed by atoms with van der Waals surface area (Å²) in [5.41, 5.74) is 4.19. The molecule has 132 valence electrons. The molecular weight excluding hydrogens is 348 g/mol. The summed E-state index contributed by atoms with van der Waals surface area (Å²) in [7, 11) is 1.73. The lowest BCUT2D eigenvalue weighted by Crippen LogP contribution is -2.31. The molecule has 2 N–H and O–H groups in total. The van der Waals surface area contributed by atoms with Crippen molar-refractivity contribution < 1.29 is 15.0 Å². The Hall–Kier alpha value is -2.86.